The van der Waals surface area contributed by atoms with E-state index in [-0.39, 0.29) is 17.8 Å². The first-order valence-corrected chi connectivity index (χ1v) is 10.0. The van der Waals surface area contributed by atoms with E-state index in [1.54, 1.807) is 12.1 Å². The molecule has 1 aromatic heterocycles. The summed E-state index contributed by atoms with van der Waals surface area (Å²) in [6.07, 6.45) is 0.503. The van der Waals surface area contributed by atoms with Gasteiger partial charge in [0, 0.05) is 56.9 Å². The summed E-state index contributed by atoms with van der Waals surface area (Å²) in [6.45, 7) is 11.4. The Bertz CT molecular complexity index is 828. The number of aryl methyl sites for hydroxylation is 2. The average Bonchev–Trinajstić information content (AvgIpc) is 2.79. The topological polar surface area (TPSA) is 41.4 Å². The van der Waals surface area contributed by atoms with Gasteiger partial charge in [0.1, 0.15) is 5.82 Å². The third-order valence-electron chi connectivity index (χ3n) is 5.88. The molecule has 2 aromatic rings. The second-order valence-electron chi connectivity index (χ2n) is 8.22. The van der Waals surface area contributed by atoms with Crippen molar-refractivity contribution < 1.29 is 9.18 Å². The number of amides is 1. The standard InChI is InChI=1S/C22H31FN4O/c1-15(2)21-14-26(13-20-16(3)24-25(5)17(20)4)11-10-22(28)27(21)12-18-6-8-19(23)9-7-18/h6-9,15,21H,10-14H2,1-5H3/t21-/m0/s1. The summed E-state index contributed by atoms with van der Waals surface area (Å²) >= 11 is 0. The van der Waals surface area contributed by atoms with Crippen molar-refractivity contribution in [2.45, 2.75) is 53.2 Å². The van der Waals surface area contributed by atoms with Crippen LogP contribution in [0.25, 0.3) is 0 Å². The Morgan fingerprint density at radius 2 is 1.86 bits per heavy atom. The van der Waals surface area contributed by atoms with Crippen LogP contribution < -0.4 is 0 Å². The molecule has 1 aromatic carbocycles. The monoisotopic (exact) mass is 386 g/mol. The SMILES string of the molecule is Cc1nn(C)c(C)c1CN1CCC(=O)N(Cc2ccc(F)cc2)[C@H](C(C)C)C1. The molecule has 0 N–H and O–H groups in total. The number of hydrogen-bond donors (Lipinski definition) is 0. The molecule has 5 nitrogen and oxygen atoms in total. The highest BCUT2D eigenvalue weighted by molar-refractivity contribution is 5.77. The van der Waals surface area contributed by atoms with Gasteiger partial charge in [0.25, 0.3) is 0 Å². The van der Waals surface area contributed by atoms with Crippen molar-refractivity contribution in [2.24, 2.45) is 13.0 Å². The fourth-order valence-electron chi connectivity index (χ4n) is 4.01. The second kappa shape index (κ2) is 8.43. The molecule has 2 heterocycles. The highest BCUT2D eigenvalue weighted by Gasteiger charge is 2.32. The smallest absolute Gasteiger partial charge is 0.224 e. The normalized spacial score (nSPS) is 18.8. The minimum absolute atomic E-state index is 0.123. The van der Waals surface area contributed by atoms with Crippen molar-refractivity contribution in [2.75, 3.05) is 13.1 Å². The van der Waals surface area contributed by atoms with Gasteiger partial charge in [-0.05, 0) is 37.5 Å². The highest BCUT2D eigenvalue weighted by atomic mass is 19.1. The second-order valence-corrected chi connectivity index (χ2v) is 8.22. The fourth-order valence-corrected chi connectivity index (χ4v) is 4.01. The van der Waals surface area contributed by atoms with Crippen molar-refractivity contribution in [1.29, 1.82) is 0 Å². The van der Waals surface area contributed by atoms with E-state index in [2.05, 4.69) is 30.8 Å². The van der Waals surface area contributed by atoms with Gasteiger partial charge in [-0.15, -0.1) is 0 Å². The van der Waals surface area contributed by atoms with Gasteiger partial charge in [0.05, 0.1) is 5.69 Å². The quantitative estimate of drug-likeness (QED) is 0.791. The number of aromatic nitrogens is 2. The summed E-state index contributed by atoms with van der Waals surface area (Å²) in [5.74, 6) is 0.256. The highest BCUT2D eigenvalue weighted by Crippen LogP contribution is 2.23. The Kier molecular flexibility index (Phi) is 6.18. The molecule has 0 radical (unpaired) electrons. The molecule has 3 rings (SSSR count). The minimum Gasteiger partial charge on any atom is -0.334 e. The zero-order valence-electron chi connectivity index (χ0n) is 17.6. The van der Waals surface area contributed by atoms with Crippen LogP contribution in [0, 0.1) is 25.6 Å². The van der Waals surface area contributed by atoms with Crippen molar-refractivity contribution in [3.05, 3.63) is 52.6 Å². The van der Waals surface area contributed by atoms with Gasteiger partial charge in [-0.3, -0.25) is 14.4 Å². The van der Waals surface area contributed by atoms with Crippen LogP contribution in [0.15, 0.2) is 24.3 Å². The van der Waals surface area contributed by atoms with E-state index in [1.165, 1.54) is 23.4 Å². The number of benzene rings is 1. The maximum Gasteiger partial charge on any atom is 0.224 e. The van der Waals surface area contributed by atoms with Crippen LogP contribution in [0.5, 0.6) is 0 Å². The lowest BCUT2D eigenvalue weighted by Gasteiger charge is -2.35. The summed E-state index contributed by atoms with van der Waals surface area (Å²) in [6, 6.07) is 6.58. The van der Waals surface area contributed by atoms with Gasteiger partial charge in [-0.25, -0.2) is 4.39 Å². The number of nitrogens with zero attached hydrogens (tertiary/aromatic N) is 4. The number of carbonyl (C=O) groups excluding carboxylic acids is 1. The Morgan fingerprint density at radius 3 is 2.43 bits per heavy atom. The predicted molar refractivity (Wildman–Crippen MR) is 108 cm³/mol. The fraction of sp³-hybridized carbons (Fsp3) is 0.545. The van der Waals surface area contributed by atoms with Crippen LogP contribution in [0.1, 0.15) is 42.8 Å². The molecular weight excluding hydrogens is 355 g/mol. The summed E-state index contributed by atoms with van der Waals surface area (Å²) in [5, 5.41) is 4.53. The van der Waals surface area contributed by atoms with E-state index in [1.807, 2.05) is 23.6 Å². The first kappa shape index (κ1) is 20.5. The number of halogens is 1. The van der Waals surface area contributed by atoms with Gasteiger partial charge in [-0.1, -0.05) is 26.0 Å². The van der Waals surface area contributed by atoms with Gasteiger partial charge in [0.15, 0.2) is 0 Å². The lowest BCUT2D eigenvalue weighted by Crippen LogP contribution is -2.45. The molecule has 0 saturated carbocycles. The van der Waals surface area contributed by atoms with Gasteiger partial charge in [-0.2, -0.15) is 5.10 Å². The van der Waals surface area contributed by atoms with Gasteiger partial charge >= 0.3 is 0 Å². The molecule has 0 aliphatic carbocycles. The lowest BCUT2D eigenvalue weighted by atomic mass is 10.0. The predicted octanol–water partition coefficient (Wildman–Crippen LogP) is 3.44. The molecule has 0 spiro atoms. The van der Waals surface area contributed by atoms with E-state index in [9.17, 15) is 9.18 Å². The Balaban J connectivity index is 1.80. The molecule has 1 amide bonds. The van der Waals surface area contributed by atoms with E-state index < -0.39 is 0 Å². The third kappa shape index (κ3) is 4.43. The van der Waals surface area contributed by atoms with Crippen LogP contribution >= 0.6 is 0 Å². The zero-order valence-corrected chi connectivity index (χ0v) is 17.6. The molecule has 28 heavy (non-hydrogen) atoms. The summed E-state index contributed by atoms with van der Waals surface area (Å²) in [4.78, 5) is 17.3. The van der Waals surface area contributed by atoms with Gasteiger partial charge < -0.3 is 4.90 Å². The van der Waals surface area contributed by atoms with Crippen molar-refractivity contribution >= 4 is 5.91 Å². The van der Waals surface area contributed by atoms with Crippen LogP contribution in [-0.4, -0.2) is 44.6 Å². The molecule has 6 heteroatoms. The molecule has 1 fully saturated rings. The van der Waals surface area contributed by atoms with E-state index in [0.717, 1.165) is 30.9 Å². The largest absolute Gasteiger partial charge is 0.334 e. The van der Waals surface area contributed by atoms with Crippen molar-refractivity contribution in [3.63, 3.8) is 0 Å². The van der Waals surface area contributed by atoms with Gasteiger partial charge in [0.2, 0.25) is 5.91 Å². The molecule has 1 atom stereocenters. The molecule has 0 bridgehead atoms. The molecule has 152 valence electrons. The molecule has 1 aliphatic rings. The van der Waals surface area contributed by atoms with Crippen LogP contribution in [0.4, 0.5) is 4.39 Å². The summed E-state index contributed by atoms with van der Waals surface area (Å²) in [7, 11) is 1.97. The van der Waals surface area contributed by atoms with E-state index in [0.29, 0.717) is 18.9 Å². The first-order valence-electron chi connectivity index (χ1n) is 10.0. The number of carbonyl (C=O) groups is 1. The maximum atomic E-state index is 13.2. The Hall–Kier alpha value is -2.21. The Morgan fingerprint density at radius 1 is 1.18 bits per heavy atom. The maximum absolute atomic E-state index is 13.2. The average molecular weight is 387 g/mol. The molecule has 1 aliphatic heterocycles. The third-order valence-corrected chi connectivity index (χ3v) is 5.88. The summed E-state index contributed by atoms with van der Waals surface area (Å²) in [5.41, 5.74) is 4.45. The number of rotatable bonds is 5. The van der Waals surface area contributed by atoms with E-state index >= 15 is 0 Å². The number of hydrogen-bond acceptors (Lipinski definition) is 3. The first-order chi connectivity index (χ1) is 13.3. The van der Waals surface area contributed by atoms with Crippen LogP contribution in [0.3, 0.4) is 0 Å². The molecule has 0 unspecified atom stereocenters. The van der Waals surface area contributed by atoms with Crippen LogP contribution in [-0.2, 0) is 24.9 Å². The van der Waals surface area contributed by atoms with Crippen molar-refractivity contribution in [3.8, 4) is 0 Å². The lowest BCUT2D eigenvalue weighted by molar-refractivity contribution is -0.134. The summed E-state index contributed by atoms with van der Waals surface area (Å²) < 4.78 is 15.2. The Labute approximate surface area is 167 Å². The van der Waals surface area contributed by atoms with E-state index in [4.69, 9.17) is 0 Å². The van der Waals surface area contributed by atoms with Crippen molar-refractivity contribution in [1.82, 2.24) is 19.6 Å². The molecule has 1 saturated heterocycles. The van der Waals surface area contributed by atoms with Crippen LogP contribution in [0.2, 0.25) is 0 Å². The minimum atomic E-state index is -0.250. The zero-order chi connectivity index (χ0) is 20.4. The molecular formula is C22H31FN4O.